The van der Waals surface area contributed by atoms with Gasteiger partial charge in [-0.2, -0.15) is 0 Å². The predicted molar refractivity (Wildman–Crippen MR) is 85.1 cm³/mol. The molecular formula is C18H38. The van der Waals surface area contributed by atoms with Crippen LogP contribution < -0.4 is 0 Å². The molecule has 2 atom stereocenters. The average Bonchev–Trinajstić information content (AvgIpc) is 2.39. The number of rotatable bonds is 13. The normalized spacial score (nSPS) is 14.7. The van der Waals surface area contributed by atoms with Gasteiger partial charge in [-0.3, -0.25) is 0 Å². The SMILES string of the molecule is CCCCCCCCCCC(C)CCC(C)CC. The Morgan fingerprint density at radius 1 is 0.556 bits per heavy atom. The molecule has 0 saturated heterocycles. The van der Waals surface area contributed by atoms with E-state index in [0.717, 1.165) is 11.8 Å². The van der Waals surface area contributed by atoms with Crippen LogP contribution in [0.3, 0.4) is 0 Å². The average molecular weight is 255 g/mol. The van der Waals surface area contributed by atoms with E-state index in [1.165, 1.54) is 77.0 Å². The third-order valence-corrected chi connectivity index (χ3v) is 4.40. The fraction of sp³-hybridized carbons (Fsp3) is 1.00. The summed E-state index contributed by atoms with van der Waals surface area (Å²) in [7, 11) is 0. The van der Waals surface area contributed by atoms with Crippen molar-refractivity contribution < 1.29 is 0 Å². The summed E-state index contributed by atoms with van der Waals surface area (Å²) in [6.45, 7) is 9.45. The highest BCUT2D eigenvalue weighted by Gasteiger charge is 2.05. The molecule has 0 aromatic rings. The lowest BCUT2D eigenvalue weighted by Crippen LogP contribution is -1.99. The molecular weight excluding hydrogens is 216 g/mol. The first kappa shape index (κ1) is 18.0. The third kappa shape index (κ3) is 12.5. The van der Waals surface area contributed by atoms with E-state index in [1.54, 1.807) is 0 Å². The van der Waals surface area contributed by atoms with Gasteiger partial charge in [-0.1, -0.05) is 105 Å². The monoisotopic (exact) mass is 254 g/mol. The standard InChI is InChI=1S/C18H38/c1-5-7-8-9-10-11-12-13-14-18(4)16-15-17(3)6-2/h17-18H,5-16H2,1-4H3. The van der Waals surface area contributed by atoms with Crippen molar-refractivity contribution in [3.8, 4) is 0 Å². The van der Waals surface area contributed by atoms with Gasteiger partial charge in [0.25, 0.3) is 0 Å². The van der Waals surface area contributed by atoms with E-state index in [4.69, 9.17) is 0 Å². The van der Waals surface area contributed by atoms with Crippen LogP contribution in [0, 0.1) is 11.8 Å². The Morgan fingerprint density at radius 3 is 1.61 bits per heavy atom. The van der Waals surface area contributed by atoms with E-state index in [0.29, 0.717) is 0 Å². The number of unbranched alkanes of at least 4 members (excludes halogenated alkanes) is 7. The van der Waals surface area contributed by atoms with Crippen molar-refractivity contribution in [1.82, 2.24) is 0 Å². The minimum Gasteiger partial charge on any atom is -0.0654 e. The Bertz CT molecular complexity index is 150. The first-order valence-corrected chi connectivity index (χ1v) is 8.70. The van der Waals surface area contributed by atoms with Gasteiger partial charge in [0.15, 0.2) is 0 Å². The zero-order valence-electron chi connectivity index (χ0n) is 13.6. The molecule has 0 bridgehead atoms. The van der Waals surface area contributed by atoms with E-state index >= 15 is 0 Å². The fourth-order valence-electron chi connectivity index (χ4n) is 2.54. The van der Waals surface area contributed by atoms with E-state index in [-0.39, 0.29) is 0 Å². The Morgan fingerprint density at radius 2 is 1.06 bits per heavy atom. The Hall–Kier alpha value is 0. The molecule has 0 fully saturated rings. The predicted octanol–water partition coefficient (Wildman–Crippen LogP) is 6.98. The first-order chi connectivity index (χ1) is 8.70. The second-order valence-corrected chi connectivity index (χ2v) is 6.46. The summed E-state index contributed by atoms with van der Waals surface area (Å²) >= 11 is 0. The van der Waals surface area contributed by atoms with Gasteiger partial charge in [-0.25, -0.2) is 0 Å². The lowest BCUT2D eigenvalue weighted by Gasteiger charge is -2.14. The smallest absolute Gasteiger partial charge is 0.0443 e. The highest BCUT2D eigenvalue weighted by atomic mass is 14.1. The quantitative estimate of drug-likeness (QED) is 0.311. The van der Waals surface area contributed by atoms with Crippen LogP contribution in [0.5, 0.6) is 0 Å². The first-order valence-electron chi connectivity index (χ1n) is 8.70. The molecule has 0 N–H and O–H groups in total. The maximum Gasteiger partial charge on any atom is -0.0443 e. The molecule has 110 valence electrons. The van der Waals surface area contributed by atoms with Crippen LogP contribution in [0.4, 0.5) is 0 Å². The van der Waals surface area contributed by atoms with Crippen molar-refractivity contribution >= 4 is 0 Å². The molecule has 0 aliphatic heterocycles. The summed E-state index contributed by atoms with van der Waals surface area (Å²) in [6.07, 6.45) is 17.3. The van der Waals surface area contributed by atoms with E-state index < -0.39 is 0 Å². The van der Waals surface area contributed by atoms with Crippen molar-refractivity contribution in [2.45, 2.75) is 105 Å². The lowest BCUT2D eigenvalue weighted by molar-refractivity contribution is 0.392. The van der Waals surface area contributed by atoms with Gasteiger partial charge in [0.05, 0.1) is 0 Å². The summed E-state index contributed by atoms with van der Waals surface area (Å²) in [6, 6.07) is 0. The zero-order valence-corrected chi connectivity index (χ0v) is 13.6. The van der Waals surface area contributed by atoms with Gasteiger partial charge in [0, 0.05) is 0 Å². The minimum atomic E-state index is 0.936. The molecule has 0 aliphatic carbocycles. The van der Waals surface area contributed by atoms with Gasteiger partial charge < -0.3 is 0 Å². The van der Waals surface area contributed by atoms with Crippen LogP contribution in [-0.4, -0.2) is 0 Å². The molecule has 0 saturated carbocycles. The van der Waals surface area contributed by atoms with Crippen molar-refractivity contribution in [1.29, 1.82) is 0 Å². The summed E-state index contributed by atoms with van der Waals surface area (Å²) in [5.74, 6) is 1.89. The maximum absolute atomic E-state index is 2.45. The molecule has 0 heteroatoms. The molecule has 2 unspecified atom stereocenters. The van der Waals surface area contributed by atoms with Crippen LogP contribution >= 0.6 is 0 Å². The van der Waals surface area contributed by atoms with E-state index in [1.807, 2.05) is 0 Å². The molecule has 0 nitrogen and oxygen atoms in total. The van der Waals surface area contributed by atoms with Crippen LogP contribution in [0.25, 0.3) is 0 Å². The molecule has 0 radical (unpaired) electrons. The number of hydrogen-bond donors (Lipinski definition) is 0. The maximum atomic E-state index is 2.45. The third-order valence-electron chi connectivity index (χ3n) is 4.40. The Balaban J connectivity index is 3.17. The van der Waals surface area contributed by atoms with Crippen molar-refractivity contribution in [2.24, 2.45) is 11.8 Å². The topological polar surface area (TPSA) is 0 Å². The highest BCUT2D eigenvalue weighted by molar-refractivity contribution is 4.58. The van der Waals surface area contributed by atoms with Gasteiger partial charge in [-0.05, 0) is 11.8 Å². The van der Waals surface area contributed by atoms with Gasteiger partial charge in [0.2, 0.25) is 0 Å². The molecule has 0 aromatic heterocycles. The summed E-state index contributed by atoms with van der Waals surface area (Å²) < 4.78 is 0. The molecule has 0 aromatic carbocycles. The van der Waals surface area contributed by atoms with Crippen LogP contribution in [0.15, 0.2) is 0 Å². The number of hydrogen-bond acceptors (Lipinski definition) is 0. The van der Waals surface area contributed by atoms with Crippen molar-refractivity contribution in [3.05, 3.63) is 0 Å². The highest BCUT2D eigenvalue weighted by Crippen LogP contribution is 2.20. The molecule has 18 heavy (non-hydrogen) atoms. The fourth-order valence-corrected chi connectivity index (χ4v) is 2.54. The minimum absolute atomic E-state index is 0.936. The second-order valence-electron chi connectivity index (χ2n) is 6.46. The van der Waals surface area contributed by atoms with Crippen molar-refractivity contribution in [2.75, 3.05) is 0 Å². The summed E-state index contributed by atoms with van der Waals surface area (Å²) in [5, 5.41) is 0. The molecule has 0 aliphatic rings. The second kappa shape index (κ2) is 13.4. The van der Waals surface area contributed by atoms with Gasteiger partial charge in [-0.15, -0.1) is 0 Å². The Labute approximate surface area is 117 Å². The molecule has 0 amide bonds. The lowest BCUT2D eigenvalue weighted by atomic mass is 9.92. The molecule has 0 heterocycles. The zero-order chi connectivity index (χ0) is 13.6. The van der Waals surface area contributed by atoms with Gasteiger partial charge >= 0.3 is 0 Å². The van der Waals surface area contributed by atoms with Gasteiger partial charge in [0.1, 0.15) is 0 Å². The largest absolute Gasteiger partial charge is 0.0654 e. The van der Waals surface area contributed by atoms with Crippen LogP contribution in [0.1, 0.15) is 105 Å². The van der Waals surface area contributed by atoms with Crippen molar-refractivity contribution in [3.63, 3.8) is 0 Å². The van der Waals surface area contributed by atoms with E-state index in [2.05, 4.69) is 27.7 Å². The Kier molecular flexibility index (Phi) is 13.4. The summed E-state index contributed by atoms with van der Waals surface area (Å²) in [5.41, 5.74) is 0. The summed E-state index contributed by atoms with van der Waals surface area (Å²) in [4.78, 5) is 0. The molecule has 0 spiro atoms. The van der Waals surface area contributed by atoms with E-state index in [9.17, 15) is 0 Å². The van der Waals surface area contributed by atoms with Crippen LogP contribution in [-0.2, 0) is 0 Å². The van der Waals surface area contributed by atoms with Crippen LogP contribution in [0.2, 0.25) is 0 Å². The molecule has 0 rings (SSSR count).